The molecule has 0 aliphatic heterocycles. The van der Waals surface area contributed by atoms with Gasteiger partial charge in [0, 0.05) is 36.8 Å². The number of hydrogen-bond acceptors (Lipinski definition) is 7. The molecule has 7 heteroatoms. The van der Waals surface area contributed by atoms with Gasteiger partial charge in [0.25, 0.3) is 0 Å². The molecule has 0 saturated heterocycles. The highest BCUT2D eigenvalue weighted by Crippen LogP contribution is 2.40. The predicted molar refractivity (Wildman–Crippen MR) is 118 cm³/mol. The Labute approximate surface area is 172 Å². The number of ether oxygens (including phenoxy) is 1. The van der Waals surface area contributed by atoms with Gasteiger partial charge in [-0.3, -0.25) is 4.98 Å². The largest absolute Gasteiger partial charge is 0.462 e. The molecule has 146 valence electrons. The Morgan fingerprint density at radius 2 is 1.86 bits per heavy atom. The standard InChI is InChI=1S/C22H20N4O2S/c1-4-28-22(27)20-13-15-19(26(2)3)10-9-18(21(15)29-20)25-24-17-11-12-23-16-8-6-5-7-14(16)17/h5-13H,4H2,1-3H3. The fourth-order valence-electron chi connectivity index (χ4n) is 3.14. The number of pyridine rings is 1. The van der Waals surface area contributed by atoms with Crippen molar-refractivity contribution >= 4 is 55.4 Å². The van der Waals surface area contributed by atoms with Crippen LogP contribution in [0.2, 0.25) is 0 Å². The number of rotatable bonds is 5. The Kier molecular flexibility index (Phi) is 5.22. The predicted octanol–water partition coefficient (Wildman–Crippen LogP) is 6.11. The zero-order chi connectivity index (χ0) is 20.4. The summed E-state index contributed by atoms with van der Waals surface area (Å²) in [4.78, 5) is 19.2. The van der Waals surface area contributed by atoms with Crippen LogP contribution in [0.4, 0.5) is 17.1 Å². The molecule has 0 unspecified atom stereocenters. The molecule has 0 saturated carbocycles. The van der Waals surface area contributed by atoms with Crippen LogP contribution in [-0.4, -0.2) is 31.7 Å². The minimum absolute atomic E-state index is 0.318. The molecule has 0 aliphatic carbocycles. The number of para-hydroxylation sites is 1. The molecule has 0 spiro atoms. The van der Waals surface area contributed by atoms with Gasteiger partial charge in [-0.15, -0.1) is 21.6 Å². The number of thiophene rings is 1. The zero-order valence-electron chi connectivity index (χ0n) is 16.4. The van der Waals surface area contributed by atoms with Gasteiger partial charge >= 0.3 is 5.97 Å². The van der Waals surface area contributed by atoms with E-state index in [-0.39, 0.29) is 5.97 Å². The number of benzene rings is 2. The average Bonchev–Trinajstić information content (AvgIpc) is 3.17. The van der Waals surface area contributed by atoms with Crippen LogP contribution in [-0.2, 0) is 4.74 Å². The van der Waals surface area contributed by atoms with Crippen LogP contribution in [0.25, 0.3) is 21.0 Å². The normalized spacial score (nSPS) is 11.4. The van der Waals surface area contributed by atoms with E-state index in [1.54, 1.807) is 13.1 Å². The maximum Gasteiger partial charge on any atom is 0.348 e. The van der Waals surface area contributed by atoms with Gasteiger partial charge in [0.2, 0.25) is 0 Å². The second-order valence-electron chi connectivity index (χ2n) is 6.62. The lowest BCUT2D eigenvalue weighted by atomic mass is 10.2. The lowest BCUT2D eigenvalue weighted by molar-refractivity contribution is 0.0532. The number of aromatic nitrogens is 1. The third kappa shape index (κ3) is 3.69. The number of esters is 1. The van der Waals surface area contributed by atoms with Crippen LogP contribution in [0.5, 0.6) is 0 Å². The number of nitrogens with zero attached hydrogens (tertiary/aromatic N) is 4. The highest BCUT2D eigenvalue weighted by Gasteiger charge is 2.17. The monoisotopic (exact) mass is 404 g/mol. The maximum absolute atomic E-state index is 12.2. The van der Waals surface area contributed by atoms with E-state index in [1.807, 2.05) is 67.5 Å². The van der Waals surface area contributed by atoms with E-state index in [4.69, 9.17) is 4.74 Å². The number of carbonyl (C=O) groups is 1. The summed E-state index contributed by atoms with van der Waals surface area (Å²) in [6, 6.07) is 15.5. The molecule has 4 rings (SSSR count). The van der Waals surface area contributed by atoms with Gasteiger partial charge in [-0.05, 0) is 37.3 Å². The van der Waals surface area contributed by atoms with Gasteiger partial charge in [0.1, 0.15) is 10.6 Å². The van der Waals surface area contributed by atoms with E-state index in [9.17, 15) is 4.79 Å². The van der Waals surface area contributed by atoms with E-state index in [0.29, 0.717) is 17.2 Å². The molecule has 0 amide bonds. The number of fused-ring (bicyclic) bond motifs is 2. The molecule has 0 atom stereocenters. The molecule has 29 heavy (non-hydrogen) atoms. The molecule has 0 N–H and O–H groups in total. The Morgan fingerprint density at radius 3 is 2.66 bits per heavy atom. The van der Waals surface area contributed by atoms with Crippen LogP contribution in [0, 0.1) is 0 Å². The fraction of sp³-hybridized carbons (Fsp3) is 0.182. The summed E-state index contributed by atoms with van der Waals surface area (Å²) in [7, 11) is 3.95. The molecule has 2 aromatic carbocycles. The van der Waals surface area contributed by atoms with Crippen molar-refractivity contribution in [1.29, 1.82) is 0 Å². The summed E-state index contributed by atoms with van der Waals surface area (Å²) in [5.41, 5.74) is 3.35. The Bertz CT molecular complexity index is 1220. The lowest BCUT2D eigenvalue weighted by Crippen LogP contribution is -2.08. The summed E-state index contributed by atoms with van der Waals surface area (Å²) in [5, 5.41) is 10.9. The van der Waals surface area contributed by atoms with Gasteiger partial charge < -0.3 is 9.64 Å². The zero-order valence-corrected chi connectivity index (χ0v) is 17.2. The SMILES string of the molecule is CCOC(=O)c1cc2c(N(C)C)ccc(N=Nc3ccnc4ccccc34)c2s1. The molecule has 0 radical (unpaired) electrons. The molecule has 0 fully saturated rings. The summed E-state index contributed by atoms with van der Waals surface area (Å²) >= 11 is 1.37. The van der Waals surface area contributed by atoms with Crippen molar-refractivity contribution < 1.29 is 9.53 Å². The topological polar surface area (TPSA) is 67.2 Å². The smallest absolute Gasteiger partial charge is 0.348 e. The third-order valence-electron chi connectivity index (χ3n) is 4.49. The number of azo groups is 1. The first-order valence-electron chi connectivity index (χ1n) is 9.25. The molecule has 0 bridgehead atoms. The van der Waals surface area contributed by atoms with Crippen molar-refractivity contribution in [2.45, 2.75) is 6.92 Å². The van der Waals surface area contributed by atoms with Crippen molar-refractivity contribution in [3.05, 3.63) is 59.6 Å². The van der Waals surface area contributed by atoms with Gasteiger partial charge in [0.05, 0.1) is 22.5 Å². The van der Waals surface area contributed by atoms with E-state index < -0.39 is 0 Å². The molecule has 2 heterocycles. The quantitative estimate of drug-likeness (QED) is 0.297. The Morgan fingerprint density at radius 1 is 1.07 bits per heavy atom. The van der Waals surface area contributed by atoms with Crippen molar-refractivity contribution in [3.8, 4) is 0 Å². The van der Waals surface area contributed by atoms with Crippen molar-refractivity contribution in [2.24, 2.45) is 10.2 Å². The first-order chi connectivity index (χ1) is 14.1. The van der Waals surface area contributed by atoms with Crippen LogP contribution in [0.3, 0.4) is 0 Å². The van der Waals surface area contributed by atoms with Crippen molar-refractivity contribution in [3.63, 3.8) is 0 Å². The van der Waals surface area contributed by atoms with Gasteiger partial charge in [-0.2, -0.15) is 0 Å². The Balaban J connectivity index is 1.82. The number of carbonyl (C=O) groups excluding carboxylic acids is 1. The summed E-state index contributed by atoms with van der Waals surface area (Å²) < 4.78 is 6.08. The summed E-state index contributed by atoms with van der Waals surface area (Å²) in [6.07, 6.45) is 1.73. The van der Waals surface area contributed by atoms with Crippen molar-refractivity contribution in [2.75, 3.05) is 25.6 Å². The van der Waals surface area contributed by atoms with E-state index >= 15 is 0 Å². The molecule has 6 nitrogen and oxygen atoms in total. The maximum atomic E-state index is 12.2. The highest BCUT2D eigenvalue weighted by atomic mass is 32.1. The van der Waals surface area contributed by atoms with E-state index in [2.05, 4.69) is 15.2 Å². The minimum Gasteiger partial charge on any atom is -0.462 e. The van der Waals surface area contributed by atoms with E-state index in [1.165, 1.54) is 11.3 Å². The van der Waals surface area contributed by atoms with E-state index in [0.717, 1.165) is 32.4 Å². The Hall–Kier alpha value is -3.32. The first kappa shape index (κ1) is 19.0. The van der Waals surface area contributed by atoms with Crippen LogP contribution < -0.4 is 4.90 Å². The van der Waals surface area contributed by atoms with Crippen LogP contribution >= 0.6 is 11.3 Å². The summed E-state index contributed by atoms with van der Waals surface area (Å²) in [5.74, 6) is -0.318. The second-order valence-corrected chi connectivity index (χ2v) is 7.67. The minimum atomic E-state index is -0.318. The van der Waals surface area contributed by atoms with Crippen molar-refractivity contribution in [1.82, 2.24) is 4.98 Å². The molecule has 2 aromatic heterocycles. The van der Waals surface area contributed by atoms with Crippen LogP contribution in [0.15, 0.2) is 65.0 Å². The van der Waals surface area contributed by atoms with Crippen LogP contribution in [0.1, 0.15) is 16.6 Å². The summed E-state index contributed by atoms with van der Waals surface area (Å²) in [6.45, 7) is 2.14. The molecule has 0 aliphatic rings. The molecular formula is C22H20N4O2S. The number of anilines is 1. The fourth-order valence-corrected chi connectivity index (χ4v) is 4.17. The molecule has 4 aromatic rings. The van der Waals surface area contributed by atoms with Gasteiger partial charge in [0.15, 0.2) is 0 Å². The van der Waals surface area contributed by atoms with Gasteiger partial charge in [-0.25, -0.2) is 4.79 Å². The highest BCUT2D eigenvalue weighted by molar-refractivity contribution is 7.21. The molecular weight excluding hydrogens is 384 g/mol. The second kappa shape index (κ2) is 7.97. The average molecular weight is 404 g/mol. The third-order valence-corrected chi connectivity index (χ3v) is 5.63. The lowest BCUT2D eigenvalue weighted by Gasteiger charge is -2.14. The number of hydrogen-bond donors (Lipinski definition) is 0. The van der Waals surface area contributed by atoms with Gasteiger partial charge in [-0.1, -0.05) is 18.2 Å². The first-order valence-corrected chi connectivity index (χ1v) is 10.1.